The first kappa shape index (κ1) is 29.6. The number of benzene rings is 1. The number of hydrogen-bond donors (Lipinski definition) is 2. The van der Waals surface area contributed by atoms with Crippen LogP contribution in [0.4, 0.5) is 27.7 Å². The summed E-state index contributed by atoms with van der Waals surface area (Å²) in [5.41, 5.74) is 2.15. The van der Waals surface area contributed by atoms with Crippen LogP contribution in [-0.2, 0) is 14.9 Å². The molecule has 1 amide bonds. The topological polar surface area (TPSA) is 119 Å². The lowest BCUT2D eigenvalue weighted by Gasteiger charge is -2.57. The summed E-state index contributed by atoms with van der Waals surface area (Å²) in [6, 6.07) is 12.0. The largest absolute Gasteiger partial charge is 0.431 e. The molecule has 8 rings (SSSR count). The van der Waals surface area contributed by atoms with Crippen LogP contribution in [0.5, 0.6) is 0 Å². The number of fused-ring (bicyclic) bond motifs is 1. The van der Waals surface area contributed by atoms with Crippen molar-refractivity contribution in [2.24, 2.45) is 23.7 Å². The summed E-state index contributed by atoms with van der Waals surface area (Å²) >= 11 is 0. The molecule has 0 spiro atoms. The number of hydroxylamine groups is 1. The van der Waals surface area contributed by atoms with Crippen molar-refractivity contribution < 1.29 is 23.2 Å². The molecule has 3 heterocycles. The van der Waals surface area contributed by atoms with Gasteiger partial charge in [0, 0.05) is 38.8 Å². The van der Waals surface area contributed by atoms with Crippen LogP contribution in [0, 0.1) is 23.7 Å². The van der Waals surface area contributed by atoms with Gasteiger partial charge in [-0.3, -0.25) is 0 Å². The number of nitrogens with zero attached hydrogens (tertiary/aromatic N) is 5. The lowest BCUT2D eigenvalue weighted by atomic mass is 9.52. The fourth-order valence-corrected chi connectivity index (χ4v) is 10.4. The number of aliphatic hydroxyl groups is 1. The molecule has 2 aromatic rings. The van der Waals surface area contributed by atoms with Gasteiger partial charge in [-0.25, -0.2) is 23.3 Å². The van der Waals surface area contributed by atoms with Gasteiger partial charge in [-0.15, -0.1) is 0 Å². The van der Waals surface area contributed by atoms with E-state index in [4.69, 9.17) is 9.82 Å². The zero-order valence-electron chi connectivity index (χ0n) is 25.6. The van der Waals surface area contributed by atoms with Crippen LogP contribution in [0.2, 0.25) is 0 Å². The number of piperazine rings is 1. The fraction of sp³-hybridized carbons (Fsp3) is 0.625. The number of nitrogens with one attached hydrogen (secondary N) is 1. The molecule has 6 aliphatic rings. The summed E-state index contributed by atoms with van der Waals surface area (Å²) in [4.78, 5) is 28.2. The van der Waals surface area contributed by atoms with Gasteiger partial charge in [0.05, 0.1) is 41.2 Å². The molecule has 44 heavy (non-hydrogen) atoms. The van der Waals surface area contributed by atoms with Crippen molar-refractivity contribution in [3.05, 3.63) is 42.6 Å². The zero-order chi connectivity index (χ0) is 30.6. The van der Waals surface area contributed by atoms with E-state index in [0.717, 1.165) is 55.0 Å². The first-order valence-electron chi connectivity index (χ1n) is 16.1. The molecule has 4 saturated carbocycles. The predicted octanol–water partition coefficient (Wildman–Crippen LogP) is 3.73. The molecule has 238 valence electrons. The van der Waals surface area contributed by atoms with Crippen molar-refractivity contribution in [2.75, 3.05) is 59.9 Å². The van der Waals surface area contributed by atoms with Crippen LogP contribution in [0.25, 0.3) is 0 Å². The second kappa shape index (κ2) is 11.4. The number of sulfonamides is 1. The first-order chi connectivity index (χ1) is 21.1. The van der Waals surface area contributed by atoms with E-state index in [2.05, 4.69) is 15.1 Å². The molecule has 12 heteroatoms. The highest BCUT2D eigenvalue weighted by Gasteiger charge is 2.55. The Kier molecular flexibility index (Phi) is 7.65. The van der Waals surface area contributed by atoms with Gasteiger partial charge in [0.1, 0.15) is 5.82 Å². The second-order valence-electron chi connectivity index (χ2n) is 13.9. The Labute approximate surface area is 260 Å². The van der Waals surface area contributed by atoms with Crippen molar-refractivity contribution in [1.82, 2.24) is 14.6 Å². The number of amides is 1. The monoisotopic (exact) mass is 624 g/mol. The molecular weight excluding hydrogens is 580 g/mol. The highest BCUT2D eigenvalue weighted by Crippen LogP contribution is 2.55. The molecule has 4 bridgehead atoms. The smallest absolute Gasteiger partial charge is 0.390 e. The average molecular weight is 625 g/mol. The zero-order valence-corrected chi connectivity index (χ0v) is 26.5. The maximum Gasteiger partial charge on any atom is 0.431 e. The van der Waals surface area contributed by atoms with Gasteiger partial charge in [0.15, 0.2) is 0 Å². The van der Waals surface area contributed by atoms with Crippen LogP contribution in [-0.4, -0.2) is 85.6 Å². The van der Waals surface area contributed by atoms with Crippen molar-refractivity contribution in [3.8, 4) is 0 Å². The summed E-state index contributed by atoms with van der Waals surface area (Å²) < 4.78 is 26.9. The molecule has 2 aliphatic heterocycles. The number of pyridine rings is 1. The summed E-state index contributed by atoms with van der Waals surface area (Å²) in [6.07, 6.45) is 6.04. The van der Waals surface area contributed by atoms with Crippen LogP contribution in [0.1, 0.15) is 46.0 Å². The van der Waals surface area contributed by atoms with E-state index in [9.17, 15) is 18.3 Å². The molecule has 1 aromatic carbocycles. The molecule has 5 atom stereocenters. The Morgan fingerprint density at radius 2 is 1.70 bits per heavy atom. The van der Waals surface area contributed by atoms with Crippen molar-refractivity contribution in [2.45, 2.75) is 57.6 Å². The van der Waals surface area contributed by atoms with Gasteiger partial charge in [-0.1, -0.05) is 26.0 Å². The Morgan fingerprint density at radius 1 is 1.00 bits per heavy atom. The Balaban J connectivity index is 0.983. The van der Waals surface area contributed by atoms with Gasteiger partial charge in [-0.2, -0.15) is 4.31 Å². The van der Waals surface area contributed by atoms with E-state index in [1.54, 1.807) is 9.37 Å². The normalized spacial score (nSPS) is 30.0. The SMILES string of the molecule is CC(C)CS(=O)(=O)N1CCN(c2ccc(N3CCN(OC(=O)NC4[C@@H]5CC6C[C@H]4CC(O)(C6)C5)c4ccccc43)nc2)CC1. The van der Waals surface area contributed by atoms with E-state index >= 15 is 0 Å². The third-order valence-electron chi connectivity index (χ3n) is 10.2. The average Bonchev–Trinajstić information content (AvgIpc) is 2.98. The minimum absolute atomic E-state index is 0.0611. The Hall–Kier alpha value is -3.09. The van der Waals surface area contributed by atoms with Crippen LogP contribution in [0.3, 0.4) is 0 Å². The molecule has 2 N–H and O–H groups in total. The van der Waals surface area contributed by atoms with E-state index < -0.39 is 21.7 Å². The van der Waals surface area contributed by atoms with E-state index in [-0.39, 0.29) is 17.7 Å². The molecular formula is C32H44N6O5S. The van der Waals surface area contributed by atoms with Gasteiger partial charge in [0.25, 0.3) is 0 Å². The van der Waals surface area contributed by atoms with E-state index in [1.807, 2.05) is 56.4 Å². The number of anilines is 4. The van der Waals surface area contributed by atoms with Crippen molar-refractivity contribution in [3.63, 3.8) is 0 Å². The van der Waals surface area contributed by atoms with E-state index in [0.29, 0.717) is 57.0 Å². The van der Waals surface area contributed by atoms with E-state index in [1.165, 1.54) is 0 Å². The number of rotatable bonds is 7. The van der Waals surface area contributed by atoms with Crippen LogP contribution in [0.15, 0.2) is 42.6 Å². The summed E-state index contributed by atoms with van der Waals surface area (Å²) in [6.45, 7) is 7.15. The molecule has 1 aromatic heterocycles. The summed E-state index contributed by atoms with van der Waals surface area (Å²) in [7, 11) is -3.23. The number of carbonyl (C=O) groups excluding carboxylic acids is 1. The van der Waals surface area contributed by atoms with Crippen LogP contribution >= 0.6 is 0 Å². The third-order valence-corrected chi connectivity index (χ3v) is 12.5. The summed E-state index contributed by atoms with van der Waals surface area (Å²) in [5.74, 6) is 2.30. The third kappa shape index (κ3) is 5.72. The van der Waals surface area contributed by atoms with Gasteiger partial charge in [0.2, 0.25) is 10.0 Å². The molecule has 3 unspecified atom stereocenters. The number of para-hydroxylation sites is 2. The predicted molar refractivity (Wildman–Crippen MR) is 169 cm³/mol. The molecule has 4 aliphatic carbocycles. The molecule has 1 saturated heterocycles. The minimum atomic E-state index is -3.23. The standard InChI is InChI=1S/C32H44N6O5S/c1-22(2)21-44(41,42)36-11-9-35(10-12-36)26-7-8-29(33-20-26)37-13-14-38(28-6-4-3-5-27(28)37)43-31(39)34-30-24-15-23-16-25(30)19-32(40,17-23)18-24/h3-8,20,22-25,30,40H,9-19,21H2,1-2H3,(H,34,39)/t23?,24-,25+,30?,32?. The first-order valence-corrected chi connectivity index (χ1v) is 17.7. The fourth-order valence-electron chi connectivity index (χ4n) is 8.62. The second-order valence-corrected chi connectivity index (χ2v) is 15.9. The van der Waals surface area contributed by atoms with Gasteiger partial charge in [-0.05, 0) is 80.0 Å². The maximum atomic E-state index is 13.1. The van der Waals surface area contributed by atoms with Crippen LogP contribution < -0.4 is 20.2 Å². The highest BCUT2D eigenvalue weighted by atomic mass is 32.2. The summed E-state index contributed by atoms with van der Waals surface area (Å²) in [5, 5.41) is 15.7. The number of hydrogen-bond acceptors (Lipinski definition) is 9. The minimum Gasteiger partial charge on any atom is -0.390 e. The lowest BCUT2D eigenvalue weighted by molar-refractivity contribution is -0.137. The van der Waals surface area contributed by atoms with Crippen molar-refractivity contribution in [1.29, 1.82) is 0 Å². The quantitative estimate of drug-likeness (QED) is 0.475. The van der Waals surface area contributed by atoms with Gasteiger partial charge >= 0.3 is 6.09 Å². The number of aromatic nitrogens is 1. The molecule has 11 nitrogen and oxygen atoms in total. The molecule has 5 fully saturated rings. The van der Waals surface area contributed by atoms with Crippen molar-refractivity contribution >= 4 is 39.0 Å². The Bertz CT molecular complexity index is 1460. The highest BCUT2D eigenvalue weighted by molar-refractivity contribution is 7.89. The number of carbonyl (C=O) groups is 1. The van der Waals surface area contributed by atoms with Gasteiger partial charge < -0.3 is 25.1 Å². The maximum absolute atomic E-state index is 13.1. The lowest BCUT2D eigenvalue weighted by Crippen LogP contribution is -2.62. The molecule has 0 radical (unpaired) electrons. The Morgan fingerprint density at radius 3 is 2.34 bits per heavy atom.